The minimum absolute atomic E-state index is 0.0329. The number of allylic oxidation sites excluding steroid dienone is 1. The molecule has 12 heteroatoms. The van der Waals surface area contributed by atoms with Crippen LogP contribution in [0, 0.1) is 5.92 Å². The molecular formula is C25H43N2O6PS2Si. The highest BCUT2D eigenvalue weighted by molar-refractivity contribution is 8.00. The molecule has 0 amide bonds. The third kappa shape index (κ3) is 7.78. The van der Waals surface area contributed by atoms with Crippen molar-refractivity contribution in [3.8, 4) is 0 Å². The van der Waals surface area contributed by atoms with Crippen molar-refractivity contribution in [1.82, 2.24) is 9.55 Å². The molecule has 0 bridgehead atoms. The van der Waals surface area contributed by atoms with E-state index in [1.165, 1.54) is 16.8 Å². The second-order valence-electron chi connectivity index (χ2n) is 12.1. The van der Waals surface area contributed by atoms with Gasteiger partial charge in [-0.3, -0.25) is 14.3 Å². The lowest BCUT2D eigenvalue weighted by molar-refractivity contribution is -0.0400. The van der Waals surface area contributed by atoms with Gasteiger partial charge >= 0.3 is 5.69 Å². The standard InChI is InChI=1S/C25H43N2O6PS2Si/c1-16(2)17-9-11-25(6,35)20(13-17)33-34(36)32-18-14-22(27-12-10-21(28)26-23(27)29)31-19(18)15-30-37(7,8)24(3,4)5/h10,12,17-20,22,34-35H,1,9,11,13-15H2,2-8H3,(H,26,28,29)/t17-,18-,19+,20+,22+,25+/m0/s1. The van der Waals surface area contributed by atoms with Crippen LogP contribution in [0.2, 0.25) is 18.1 Å². The van der Waals surface area contributed by atoms with Gasteiger partial charge in [0.05, 0.1) is 18.8 Å². The quantitative estimate of drug-likeness (QED) is 0.177. The molecule has 0 radical (unpaired) electrons. The highest BCUT2D eigenvalue weighted by atomic mass is 32.4. The SMILES string of the molecule is C=C(C)[C@H]1CC[C@@](C)(S)[C@H](O[P@@H](=S)O[C@H]2C[C@H](n3ccc(=O)[nH]c3=O)O[C@@H]2CO[Si](C)(C)C(C)(C)C)C1. The average Bonchev–Trinajstić information content (AvgIpc) is 3.14. The highest BCUT2D eigenvalue weighted by Gasteiger charge is 2.44. The van der Waals surface area contributed by atoms with Gasteiger partial charge in [0.1, 0.15) is 12.3 Å². The Balaban J connectivity index is 1.76. The Kier molecular flexibility index (Phi) is 9.99. The van der Waals surface area contributed by atoms with Crippen LogP contribution in [0.3, 0.4) is 0 Å². The summed E-state index contributed by atoms with van der Waals surface area (Å²) in [4.78, 5) is 26.3. The van der Waals surface area contributed by atoms with Crippen LogP contribution < -0.4 is 11.2 Å². The molecule has 7 atom stereocenters. The van der Waals surface area contributed by atoms with Crippen LogP contribution in [0.4, 0.5) is 0 Å². The monoisotopic (exact) mass is 590 g/mol. The maximum atomic E-state index is 12.4. The van der Waals surface area contributed by atoms with E-state index in [1.54, 1.807) is 0 Å². The molecule has 3 rings (SSSR count). The smallest absolute Gasteiger partial charge is 0.330 e. The number of hydrogen-bond acceptors (Lipinski definition) is 8. The number of nitrogens with zero attached hydrogens (tertiary/aromatic N) is 1. The van der Waals surface area contributed by atoms with E-state index in [1.807, 2.05) is 0 Å². The van der Waals surface area contributed by atoms with E-state index in [-0.39, 0.29) is 15.9 Å². The van der Waals surface area contributed by atoms with Gasteiger partial charge in [-0.15, -0.1) is 0 Å². The predicted octanol–water partition coefficient (Wildman–Crippen LogP) is 5.19. The summed E-state index contributed by atoms with van der Waals surface area (Å²) in [6, 6.07) is 1.31. The van der Waals surface area contributed by atoms with E-state index in [4.69, 9.17) is 42.6 Å². The Bertz CT molecular complexity index is 1120. The van der Waals surface area contributed by atoms with Crippen LogP contribution in [-0.2, 0) is 30.0 Å². The summed E-state index contributed by atoms with van der Waals surface area (Å²) in [5.41, 5.74) is 0.170. The molecule has 2 heterocycles. The fourth-order valence-corrected chi connectivity index (χ4v) is 7.71. The Morgan fingerprint density at radius 2 is 2.03 bits per heavy atom. The van der Waals surface area contributed by atoms with Crippen molar-refractivity contribution >= 4 is 39.9 Å². The summed E-state index contributed by atoms with van der Waals surface area (Å²) >= 11 is 10.6. The second kappa shape index (κ2) is 11.9. The van der Waals surface area contributed by atoms with Gasteiger partial charge in [0.2, 0.25) is 0 Å². The van der Waals surface area contributed by atoms with Crippen molar-refractivity contribution < 1.29 is 18.2 Å². The largest absolute Gasteiger partial charge is 0.414 e. The molecular weight excluding hydrogens is 547 g/mol. The summed E-state index contributed by atoms with van der Waals surface area (Å²) in [7, 11) is -4.14. The van der Waals surface area contributed by atoms with Crippen LogP contribution in [0.25, 0.3) is 0 Å². The van der Waals surface area contributed by atoms with Crippen molar-refractivity contribution in [3.63, 3.8) is 0 Å². The number of rotatable bonds is 9. The minimum Gasteiger partial charge on any atom is -0.414 e. The molecule has 1 aromatic rings. The molecule has 1 N–H and O–H groups in total. The van der Waals surface area contributed by atoms with Crippen molar-refractivity contribution in [3.05, 3.63) is 45.3 Å². The summed E-state index contributed by atoms with van der Waals surface area (Å²) < 4.78 is 26.5. The van der Waals surface area contributed by atoms with E-state index in [2.05, 4.69) is 59.3 Å². The number of ether oxygens (including phenoxy) is 1. The van der Waals surface area contributed by atoms with Crippen LogP contribution >= 0.6 is 19.8 Å². The molecule has 0 unspecified atom stereocenters. The average molecular weight is 591 g/mol. The summed E-state index contributed by atoms with van der Waals surface area (Å²) in [6.45, 7) is 19.5. The maximum absolute atomic E-state index is 12.4. The lowest BCUT2D eigenvalue weighted by Crippen LogP contribution is -2.44. The number of aromatic amines is 1. The van der Waals surface area contributed by atoms with Crippen molar-refractivity contribution in [2.45, 2.75) is 108 Å². The van der Waals surface area contributed by atoms with E-state index >= 15 is 0 Å². The minimum atomic E-state index is -2.09. The first-order valence-electron chi connectivity index (χ1n) is 12.9. The molecule has 1 saturated carbocycles. The lowest BCUT2D eigenvalue weighted by atomic mass is 9.77. The van der Waals surface area contributed by atoms with Gasteiger partial charge in [-0.25, -0.2) is 4.79 Å². The van der Waals surface area contributed by atoms with Gasteiger partial charge in [0, 0.05) is 23.4 Å². The van der Waals surface area contributed by atoms with Crippen LogP contribution in [-0.4, -0.2) is 47.5 Å². The third-order valence-electron chi connectivity index (χ3n) is 8.13. The summed E-state index contributed by atoms with van der Waals surface area (Å²) in [5, 5.41) is 0.0329. The third-order valence-corrected chi connectivity index (χ3v) is 14.7. The van der Waals surface area contributed by atoms with Crippen LogP contribution in [0.15, 0.2) is 34.0 Å². The fraction of sp³-hybridized carbons (Fsp3) is 0.760. The van der Waals surface area contributed by atoms with Gasteiger partial charge in [-0.05, 0) is 69.0 Å². The van der Waals surface area contributed by atoms with E-state index < -0.39 is 45.2 Å². The Labute approximate surface area is 232 Å². The second-order valence-corrected chi connectivity index (χ2v) is 19.9. The van der Waals surface area contributed by atoms with Gasteiger partial charge in [0.15, 0.2) is 15.5 Å². The predicted molar refractivity (Wildman–Crippen MR) is 158 cm³/mol. The number of aromatic nitrogens is 2. The highest BCUT2D eigenvalue weighted by Crippen LogP contribution is 2.46. The zero-order valence-electron chi connectivity index (χ0n) is 23.0. The molecule has 1 aromatic heterocycles. The molecule has 37 heavy (non-hydrogen) atoms. The molecule has 1 aliphatic carbocycles. The first kappa shape index (κ1) is 31.0. The fourth-order valence-electron chi connectivity index (χ4n) is 4.45. The Morgan fingerprint density at radius 3 is 2.62 bits per heavy atom. The molecule has 0 aromatic carbocycles. The molecule has 210 valence electrons. The normalized spacial score (nSPS) is 31.8. The van der Waals surface area contributed by atoms with Crippen molar-refractivity contribution in [1.29, 1.82) is 0 Å². The lowest BCUT2D eigenvalue weighted by Gasteiger charge is -2.41. The first-order valence-corrected chi connectivity index (χ1v) is 18.7. The zero-order valence-corrected chi connectivity index (χ0v) is 26.7. The molecule has 0 spiro atoms. The van der Waals surface area contributed by atoms with E-state index in [0.29, 0.717) is 18.9 Å². The number of nitrogens with one attached hydrogen (secondary N) is 1. The molecule has 8 nitrogen and oxygen atoms in total. The van der Waals surface area contributed by atoms with E-state index in [0.717, 1.165) is 24.8 Å². The molecule has 2 fully saturated rings. The van der Waals surface area contributed by atoms with Gasteiger partial charge in [-0.2, -0.15) is 12.6 Å². The molecule has 1 saturated heterocycles. The summed E-state index contributed by atoms with van der Waals surface area (Å²) in [6.07, 6.45) is 3.02. The summed E-state index contributed by atoms with van der Waals surface area (Å²) in [5.74, 6) is 0.382. The van der Waals surface area contributed by atoms with Crippen LogP contribution in [0.1, 0.15) is 66.5 Å². The Morgan fingerprint density at radius 1 is 1.35 bits per heavy atom. The number of thiol groups is 1. The molecule has 2 aliphatic rings. The zero-order chi connectivity index (χ0) is 27.8. The number of hydrogen-bond donors (Lipinski definition) is 2. The van der Waals surface area contributed by atoms with Gasteiger partial charge < -0.3 is 18.2 Å². The first-order chi connectivity index (χ1) is 17.0. The topological polar surface area (TPSA) is 91.8 Å². The van der Waals surface area contributed by atoms with Crippen molar-refractivity contribution in [2.24, 2.45) is 5.92 Å². The maximum Gasteiger partial charge on any atom is 0.330 e. The van der Waals surface area contributed by atoms with Crippen LogP contribution in [0.5, 0.6) is 0 Å². The van der Waals surface area contributed by atoms with Crippen molar-refractivity contribution in [2.75, 3.05) is 6.61 Å². The van der Waals surface area contributed by atoms with E-state index in [9.17, 15) is 9.59 Å². The molecule has 1 aliphatic heterocycles. The van der Waals surface area contributed by atoms with Gasteiger partial charge in [0.25, 0.3) is 5.56 Å². The van der Waals surface area contributed by atoms with Gasteiger partial charge in [-0.1, -0.05) is 32.9 Å². The number of H-pyrrole nitrogens is 1. The Hall–Kier alpha value is -0.523.